The summed E-state index contributed by atoms with van der Waals surface area (Å²) in [4.78, 5) is 22.5. The van der Waals surface area contributed by atoms with E-state index >= 15 is 4.39 Å². The van der Waals surface area contributed by atoms with E-state index in [0.717, 1.165) is 28.5 Å². The van der Waals surface area contributed by atoms with Gasteiger partial charge in [0.05, 0.1) is 33.7 Å². The standard InChI is InChI=1S/C56H64ClF4N6O8PS3/c1-37(2)67-38(3)54(78(4,71)72)52(53(67)39-10-12-42(57)13-11-39)41-32-43(58)34-47(33-41)65-28-26-64(27-29-65)45-14-16-46(17-15-45)66(30-31-75-70)76-48-18-19-50(51(35-48)79(73,74)56(59,60)61)62-44(36-77-49-8-6-5-7-9-49)22-25-63-23-20-40(21-24-63)55(68)69/h5-19,32-35,37,40,44,62,70,76H,20-31,36H2,1-4H3,(H,68,69)/t44-/m1/s1. The molecule has 2 saturated heterocycles. The van der Waals surface area contributed by atoms with Crippen LogP contribution < -0.4 is 25.1 Å². The summed E-state index contributed by atoms with van der Waals surface area (Å²) in [5.41, 5.74) is -0.968. The number of piperazine rings is 1. The van der Waals surface area contributed by atoms with Crippen molar-refractivity contribution in [3.8, 4) is 22.4 Å². The van der Waals surface area contributed by atoms with Crippen LogP contribution in [0.4, 0.5) is 40.3 Å². The van der Waals surface area contributed by atoms with E-state index in [2.05, 4.69) is 24.9 Å². The zero-order valence-electron chi connectivity index (χ0n) is 44.1. The van der Waals surface area contributed by atoms with Crippen molar-refractivity contribution in [2.75, 3.05) is 90.8 Å². The van der Waals surface area contributed by atoms with Crippen LogP contribution >= 0.6 is 32.1 Å². The van der Waals surface area contributed by atoms with Gasteiger partial charge in [0, 0.05) is 110 Å². The molecule has 2 aliphatic rings. The van der Waals surface area contributed by atoms with Crippen molar-refractivity contribution in [3.05, 3.63) is 132 Å². The molecule has 0 saturated carbocycles. The fourth-order valence-electron chi connectivity index (χ4n) is 10.4. The Hall–Kier alpha value is -5.38. The molecule has 0 radical (unpaired) electrons. The number of nitrogens with zero attached hydrogens (tertiary/aromatic N) is 5. The topological polar surface area (TPSA) is 165 Å². The zero-order chi connectivity index (χ0) is 56.8. The molecule has 8 rings (SSSR count). The molecule has 5 aromatic carbocycles. The number of halogens is 5. The molecule has 23 heteroatoms. The first-order valence-corrected chi connectivity index (χ1v) is 31.5. The van der Waals surface area contributed by atoms with Crippen LogP contribution in [-0.4, -0.2) is 125 Å². The van der Waals surface area contributed by atoms with Crippen LogP contribution in [-0.2, 0) is 29.4 Å². The average molecular weight is 1190 g/mol. The Morgan fingerprint density at radius 3 is 2.10 bits per heavy atom. The van der Waals surface area contributed by atoms with E-state index in [4.69, 9.17) is 11.6 Å². The summed E-state index contributed by atoms with van der Waals surface area (Å²) in [6, 6.07) is 32.1. The van der Waals surface area contributed by atoms with Gasteiger partial charge in [-0.05, 0) is 148 Å². The zero-order valence-corrected chi connectivity index (χ0v) is 48.3. The Bertz CT molecular complexity index is 3310. The van der Waals surface area contributed by atoms with Crippen molar-refractivity contribution >= 4 is 85.8 Å². The maximum Gasteiger partial charge on any atom is 0.501 e. The number of carboxylic acids is 1. The number of nitrogens with one attached hydrogen (secondary N) is 1. The van der Waals surface area contributed by atoms with Gasteiger partial charge in [0.25, 0.3) is 9.84 Å². The lowest BCUT2D eigenvalue weighted by molar-refractivity contribution is -0.239. The van der Waals surface area contributed by atoms with Crippen LogP contribution in [0.15, 0.2) is 130 Å². The summed E-state index contributed by atoms with van der Waals surface area (Å²) in [5.74, 6) is -1.39. The molecule has 2 atom stereocenters. The first kappa shape index (κ1) is 59.7. The molecule has 1 unspecified atom stereocenters. The first-order valence-electron chi connectivity index (χ1n) is 25.8. The lowest BCUT2D eigenvalue weighted by atomic mass is 9.97. The number of anilines is 4. The fourth-order valence-corrected chi connectivity index (χ4v) is 14.9. The second kappa shape index (κ2) is 25.6. The van der Waals surface area contributed by atoms with Crippen molar-refractivity contribution in [1.29, 1.82) is 0 Å². The smallest absolute Gasteiger partial charge is 0.481 e. The molecule has 79 heavy (non-hydrogen) atoms. The number of piperidine rings is 1. The monoisotopic (exact) mass is 1190 g/mol. The highest BCUT2D eigenvalue weighted by atomic mass is 35.5. The number of hydrogen-bond donors (Lipinski definition) is 3. The quantitative estimate of drug-likeness (QED) is 0.0193. The summed E-state index contributed by atoms with van der Waals surface area (Å²) in [6.45, 7) is 9.33. The molecule has 0 aliphatic carbocycles. The Labute approximate surface area is 470 Å². The predicted octanol–water partition coefficient (Wildman–Crippen LogP) is 11.5. The highest BCUT2D eigenvalue weighted by molar-refractivity contribution is 7.99. The van der Waals surface area contributed by atoms with Crippen LogP contribution in [0.3, 0.4) is 0 Å². The Morgan fingerprint density at radius 2 is 1.51 bits per heavy atom. The highest BCUT2D eigenvalue weighted by Crippen LogP contribution is 2.45. The molecule has 14 nitrogen and oxygen atoms in total. The van der Waals surface area contributed by atoms with Gasteiger partial charge in [0.2, 0.25) is 0 Å². The molecular weight excluding hydrogens is 1120 g/mol. The maximum atomic E-state index is 15.8. The van der Waals surface area contributed by atoms with Crippen LogP contribution in [0.1, 0.15) is 44.8 Å². The fraction of sp³-hybridized carbons (Fsp3) is 0.375. The van der Waals surface area contributed by atoms with E-state index in [1.54, 1.807) is 29.8 Å². The van der Waals surface area contributed by atoms with E-state index in [0.29, 0.717) is 110 Å². The molecule has 0 spiro atoms. The molecule has 2 fully saturated rings. The van der Waals surface area contributed by atoms with E-state index < -0.39 is 62.6 Å². The van der Waals surface area contributed by atoms with E-state index in [-0.39, 0.29) is 35.1 Å². The number of hydrogen-bond acceptors (Lipinski definition) is 13. The van der Waals surface area contributed by atoms with E-state index in [9.17, 15) is 45.2 Å². The van der Waals surface area contributed by atoms with Gasteiger partial charge in [0.1, 0.15) is 5.82 Å². The molecular formula is C56H64ClF4N6O8PS3. The first-order chi connectivity index (χ1) is 37.5. The van der Waals surface area contributed by atoms with Crippen LogP contribution in [0.25, 0.3) is 22.4 Å². The molecule has 0 bridgehead atoms. The third kappa shape index (κ3) is 14.4. The molecule has 3 heterocycles. The molecule has 1 aromatic heterocycles. The summed E-state index contributed by atoms with van der Waals surface area (Å²) in [7, 11) is -10.0. The van der Waals surface area contributed by atoms with E-state index in [1.807, 2.05) is 91.2 Å². The van der Waals surface area contributed by atoms with E-state index in [1.165, 1.54) is 30.0 Å². The maximum absolute atomic E-state index is 15.8. The summed E-state index contributed by atoms with van der Waals surface area (Å²) < 4.78 is 117. The van der Waals surface area contributed by atoms with Crippen LogP contribution in [0.5, 0.6) is 0 Å². The van der Waals surface area contributed by atoms with Crippen LogP contribution in [0.2, 0.25) is 5.02 Å². The van der Waals surface area contributed by atoms with Crippen molar-refractivity contribution in [2.45, 2.75) is 72.3 Å². The number of aromatic nitrogens is 1. The van der Waals surface area contributed by atoms with Crippen molar-refractivity contribution in [1.82, 2.24) is 9.47 Å². The number of aliphatic carboxylic acids is 1. The van der Waals surface area contributed by atoms with Crippen molar-refractivity contribution in [3.63, 3.8) is 0 Å². The number of benzene rings is 5. The average Bonchev–Trinajstić information content (AvgIpc) is 3.97. The van der Waals surface area contributed by atoms with Gasteiger partial charge in [-0.15, -0.1) is 11.8 Å². The Balaban J connectivity index is 0.999. The van der Waals surface area contributed by atoms with Gasteiger partial charge >= 0.3 is 11.5 Å². The summed E-state index contributed by atoms with van der Waals surface area (Å²) >= 11 is 7.75. The SMILES string of the molecule is Cc1c(S(C)(=O)=O)c(-c2cc(F)cc(N3CCN(c4ccc(N(CCOO)Pc5ccc(N[C@H](CCN6CCC(C(=O)O)CC6)CSc6ccccc6)c(S(=O)(=O)C(F)(F)F)c5)cc4)CC3)c2)c(-c2ccc(Cl)cc2)n1C(C)C. The van der Waals surface area contributed by atoms with Gasteiger partial charge in [-0.1, -0.05) is 48.0 Å². The number of sulfone groups is 2. The summed E-state index contributed by atoms with van der Waals surface area (Å²) in [6.07, 6.45) is 2.57. The predicted molar refractivity (Wildman–Crippen MR) is 309 cm³/mol. The Kier molecular flexibility index (Phi) is 19.4. The third-order valence-corrected chi connectivity index (χ3v) is 19.8. The Morgan fingerprint density at radius 1 is 0.861 bits per heavy atom. The van der Waals surface area contributed by atoms with Gasteiger partial charge in [-0.2, -0.15) is 13.2 Å². The minimum Gasteiger partial charge on any atom is -0.481 e. The van der Waals surface area contributed by atoms with Gasteiger partial charge in [-0.3, -0.25) is 10.1 Å². The molecule has 424 valence electrons. The van der Waals surface area contributed by atoms with Gasteiger partial charge in [-0.25, -0.2) is 26.1 Å². The van der Waals surface area contributed by atoms with Crippen molar-refractivity contribution < 1.29 is 54.4 Å². The number of thioether (sulfide) groups is 1. The minimum absolute atomic E-state index is 0.0983. The number of alkyl halides is 3. The lowest BCUT2D eigenvalue weighted by Crippen LogP contribution is -2.46. The number of carboxylic acid groups (broad SMARTS) is 1. The van der Waals surface area contributed by atoms with Crippen LogP contribution in [0, 0.1) is 18.7 Å². The number of rotatable bonds is 22. The molecule has 2 aliphatic heterocycles. The van der Waals surface area contributed by atoms with Gasteiger partial charge in [0.15, 0.2) is 9.84 Å². The minimum atomic E-state index is -5.86. The lowest BCUT2D eigenvalue weighted by Gasteiger charge is -2.37. The van der Waals surface area contributed by atoms with Crippen molar-refractivity contribution in [2.24, 2.45) is 5.92 Å². The number of likely N-dealkylation sites (tertiary alicyclic amines) is 1. The molecule has 0 amide bonds. The largest absolute Gasteiger partial charge is 0.501 e. The third-order valence-electron chi connectivity index (χ3n) is 14.3. The number of carbonyl (C=O) groups is 1. The second-order valence-electron chi connectivity index (χ2n) is 20.0. The summed E-state index contributed by atoms with van der Waals surface area (Å²) in [5, 5.41) is 22.8. The second-order valence-corrected chi connectivity index (χ2v) is 26.8. The highest BCUT2D eigenvalue weighted by Gasteiger charge is 2.48. The molecule has 3 N–H and O–H groups in total. The molecule has 6 aromatic rings. The van der Waals surface area contributed by atoms with Gasteiger partial charge < -0.3 is 34.4 Å². The normalized spacial score (nSPS) is 15.6.